The molecule has 0 amide bonds. The van der Waals surface area contributed by atoms with Gasteiger partial charge in [0, 0.05) is 11.3 Å². The summed E-state index contributed by atoms with van der Waals surface area (Å²) in [7, 11) is 0. The van der Waals surface area contributed by atoms with Gasteiger partial charge in [-0.05, 0) is 25.0 Å². The third-order valence-corrected chi connectivity index (χ3v) is 3.76. The van der Waals surface area contributed by atoms with Gasteiger partial charge in [-0.3, -0.25) is 0 Å². The van der Waals surface area contributed by atoms with Gasteiger partial charge in [0.15, 0.2) is 0 Å². The van der Waals surface area contributed by atoms with Crippen LogP contribution in [0.4, 0.5) is 5.82 Å². The Balaban J connectivity index is 2.52. The highest BCUT2D eigenvalue weighted by Crippen LogP contribution is 2.26. The molecule has 0 aliphatic rings. The number of rotatable bonds is 7. The molecule has 0 bridgehead atoms. The molecule has 3 N–H and O–H groups in total. The van der Waals surface area contributed by atoms with Gasteiger partial charge in [0.05, 0.1) is 12.1 Å². The third-order valence-electron chi connectivity index (χ3n) is 3.76. The van der Waals surface area contributed by atoms with Crippen molar-refractivity contribution in [3.05, 3.63) is 30.1 Å². The number of aliphatic hydroxyl groups is 1. The van der Waals surface area contributed by atoms with Gasteiger partial charge in [-0.15, -0.1) is 0 Å². The van der Waals surface area contributed by atoms with E-state index >= 15 is 0 Å². The molecule has 1 aromatic carbocycles. The minimum absolute atomic E-state index is 0.225. The van der Waals surface area contributed by atoms with Crippen LogP contribution in [0, 0.1) is 0 Å². The highest BCUT2D eigenvalue weighted by atomic mass is 16.4. The lowest BCUT2D eigenvalue weighted by Crippen LogP contribution is -2.33. The second-order valence-electron chi connectivity index (χ2n) is 5.18. The maximum absolute atomic E-state index is 11.1. The second kappa shape index (κ2) is 7.17. The summed E-state index contributed by atoms with van der Waals surface area (Å²) in [5, 5.41) is 21.9. The van der Waals surface area contributed by atoms with E-state index < -0.39 is 18.6 Å². The zero-order chi connectivity index (χ0) is 16.1. The van der Waals surface area contributed by atoms with E-state index in [1.807, 2.05) is 24.3 Å². The van der Waals surface area contributed by atoms with Crippen LogP contribution >= 0.6 is 0 Å². The number of hydrogen-bond donors (Lipinski definition) is 3. The van der Waals surface area contributed by atoms with E-state index in [-0.39, 0.29) is 5.92 Å². The first-order chi connectivity index (χ1) is 10.6. The summed E-state index contributed by atoms with van der Waals surface area (Å²) >= 11 is 0. The molecule has 2 rings (SSSR count). The lowest BCUT2D eigenvalue weighted by molar-refractivity contribution is -0.138. The van der Waals surface area contributed by atoms with E-state index in [0.29, 0.717) is 11.6 Å². The van der Waals surface area contributed by atoms with E-state index in [9.17, 15) is 9.90 Å². The maximum atomic E-state index is 11.1. The summed E-state index contributed by atoms with van der Waals surface area (Å²) in [6.45, 7) is 3.65. The Bertz CT molecular complexity index is 656. The highest BCUT2D eigenvalue weighted by molar-refractivity contribution is 5.91. The molecule has 22 heavy (non-hydrogen) atoms. The number of fused-ring (bicyclic) bond motifs is 1. The lowest BCUT2D eigenvalue weighted by atomic mass is 10.0. The van der Waals surface area contributed by atoms with Crippen molar-refractivity contribution in [3.63, 3.8) is 0 Å². The molecule has 6 nitrogen and oxygen atoms in total. The molecule has 0 fully saturated rings. The number of nitrogens with zero attached hydrogens (tertiary/aromatic N) is 2. The van der Waals surface area contributed by atoms with Crippen LogP contribution in [0.1, 0.15) is 38.4 Å². The Kier molecular flexibility index (Phi) is 5.27. The molecule has 1 aromatic heterocycles. The van der Waals surface area contributed by atoms with Crippen molar-refractivity contribution in [1.82, 2.24) is 9.97 Å². The van der Waals surface area contributed by atoms with E-state index in [0.717, 1.165) is 23.7 Å². The van der Waals surface area contributed by atoms with Gasteiger partial charge >= 0.3 is 5.97 Å². The number of para-hydroxylation sites is 1. The van der Waals surface area contributed by atoms with E-state index in [1.54, 1.807) is 0 Å². The first kappa shape index (κ1) is 16.2. The number of carbonyl (C=O) groups is 1. The van der Waals surface area contributed by atoms with Gasteiger partial charge in [0.25, 0.3) is 0 Å². The number of nitrogens with one attached hydrogen (secondary N) is 1. The molecule has 1 unspecified atom stereocenters. The molecule has 0 aliphatic carbocycles. The van der Waals surface area contributed by atoms with Gasteiger partial charge < -0.3 is 15.5 Å². The topological polar surface area (TPSA) is 95.3 Å². The van der Waals surface area contributed by atoms with Gasteiger partial charge in [-0.2, -0.15) is 0 Å². The van der Waals surface area contributed by atoms with Crippen molar-refractivity contribution >= 4 is 22.7 Å². The zero-order valence-electron chi connectivity index (χ0n) is 12.8. The average Bonchev–Trinajstić information content (AvgIpc) is 2.53. The lowest BCUT2D eigenvalue weighted by Gasteiger charge is -2.17. The number of carboxylic acid groups (broad SMARTS) is 1. The standard InChI is InChI=1S/C16H21N3O3/c1-3-10(4-2)14-17-12-8-6-5-7-11(12)15(19-14)18-13(9-20)16(21)22/h5-8,10,13,20H,3-4,9H2,1-2H3,(H,21,22)(H,17,18,19). The summed E-state index contributed by atoms with van der Waals surface area (Å²) < 4.78 is 0. The molecule has 2 aromatic rings. The second-order valence-corrected chi connectivity index (χ2v) is 5.18. The van der Waals surface area contributed by atoms with E-state index in [1.165, 1.54) is 0 Å². The van der Waals surface area contributed by atoms with Crippen LogP contribution in [-0.4, -0.2) is 38.8 Å². The van der Waals surface area contributed by atoms with Crippen LogP contribution in [0.2, 0.25) is 0 Å². The Morgan fingerprint density at radius 2 is 1.91 bits per heavy atom. The van der Waals surface area contributed by atoms with Crippen molar-refractivity contribution in [3.8, 4) is 0 Å². The predicted octanol–water partition coefficient (Wildman–Crippen LogP) is 2.39. The predicted molar refractivity (Wildman–Crippen MR) is 85.0 cm³/mol. The molecule has 1 heterocycles. The van der Waals surface area contributed by atoms with Crippen LogP contribution in [0.5, 0.6) is 0 Å². The van der Waals surface area contributed by atoms with Crippen LogP contribution < -0.4 is 5.32 Å². The number of aliphatic carboxylic acids is 1. The Labute approximate surface area is 129 Å². The van der Waals surface area contributed by atoms with Crippen molar-refractivity contribution in [2.24, 2.45) is 0 Å². The van der Waals surface area contributed by atoms with E-state index in [2.05, 4.69) is 29.1 Å². The highest BCUT2D eigenvalue weighted by Gasteiger charge is 2.20. The molecular weight excluding hydrogens is 282 g/mol. The van der Waals surface area contributed by atoms with Crippen LogP contribution in [0.25, 0.3) is 10.9 Å². The quantitative estimate of drug-likeness (QED) is 0.727. The molecule has 118 valence electrons. The van der Waals surface area contributed by atoms with Crippen molar-refractivity contribution < 1.29 is 15.0 Å². The SMILES string of the molecule is CCC(CC)c1nc(NC(CO)C(=O)O)c2ccccc2n1. The Hall–Kier alpha value is -2.21. The molecule has 6 heteroatoms. The van der Waals surface area contributed by atoms with Crippen LogP contribution in [0.15, 0.2) is 24.3 Å². The minimum Gasteiger partial charge on any atom is -0.480 e. The normalized spacial score (nSPS) is 12.5. The summed E-state index contributed by atoms with van der Waals surface area (Å²) in [6, 6.07) is 6.36. The van der Waals surface area contributed by atoms with E-state index in [4.69, 9.17) is 5.11 Å². The first-order valence-corrected chi connectivity index (χ1v) is 7.47. The monoisotopic (exact) mass is 303 g/mol. The first-order valence-electron chi connectivity index (χ1n) is 7.47. The number of carboxylic acids is 1. The molecule has 0 saturated carbocycles. The van der Waals surface area contributed by atoms with Crippen LogP contribution in [0.3, 0.4) is 0 Å². The number of aliphatic hydroxyl groups excluding tert-OH is 1. The average molecular weight is 303 g/mol. The van der Waals surface area contributed by atoms with Crippen molar-refractivity contribution in [2.45, 2.75) is 38.6 Å². The number of anilines is 1. The van der Waals surface area contributed by atoms with Gasteiger partial charge in [0.1, 0.15) is 17.7 Å². The molecule has 0 spiro atoms. The third kappa shape index (κ3) is 3.33. The van der Waals surface area contributed by atoms with Crippen molar-refractivity contribution in [1.29, 1.82) is 0 Å². The molecular formula is C16H21N3O3. The number of benzene rings is 1. The Morgan fingerprint density at radius 1 is 1.23 bits per heavy atom. The summed E-state index contributed by atoms with van der Waals surface area (Å²) in [4.78, 5) is 20.2. The van der Waals surface area contributed by atoms with Crippen LogP contribution in [-0.2, 0) is 4.79 Å². The summed E-state index contributed by atoms with van der Waals surface area (Å²) in [5.41, 5.74) is 0.768. The molecule has 0 aliphatic heterocycles. The Morgan fingerprint density at radius 3 is 2.50 bits per heavy atom. The minimum atomic E-state index is -1.12. The summed E-state index contributed by atoms with van der Waals surface area (Å²) in [5.74, 6) is 0.263. The molecule has 0 radical (unpaired) electrons. The number of aromatic nitrogens is 2. The smallest absolute Gasteiger partial charge is 0.328 e. The fourth-order valence-corrected chi connectivity index (χ4v) is 2.39. The van der Waals surface area contributed by atoms with Gasteiger partial charge in [-0.25, -0.2) is 14.8 Å². The maximum Gasteiger partial charge on any atom is 0.328 e. The fraction of sp³-hybridized carbons (Fsp3) is 0.438. The molecule has 1 atom stereocenters. The zero-order valence-corrected chi connectivity index (χ0v) is 12.8. The molecule has 0 saturated heterocycles. The van der Waals surface area contributed by atoms with Gasteiger partial charge in [0.2, 0.25) is 0 Å². The van der Waals surface area contributed by atoms with Crippen molar-refractivity contribution in [2.75, 3.05) is 11.9 Å². The fourth-order valence-electron chi connectivity index (χ4n) is 2.39. The number of hydrogen-bond acceptors (Lipinski definition) is 5. The van der Waals surface area contributed by atoms with Gasteiger partial charge in [-0.1, -0.05) is 26.0 Å². The summed E-state index contributed by atoms with van der Waals surface area (Å²) in [6.07, 6.45) is 1.83. The largest absolute Gasteiger partial charge is 0.480 e.